The third-order valence-corrected chi connectivity index (χ3v) is 3.62. The number of hydrogen-bond acceptors (Lipinski definition) is 4. The van der Waals surface area contributed by atoms with Gasteiger partial charge in [0.15, 0.2) is 11.5 Å². The standard InChI is InChI=1S/C19H18N2O4/c1-14(20-18(22)16-9-5-11-24-16)13-21(15-7-3-2-4-8-15)19(23)17-10-6-12-25-17/h2-12,14H,13H2,1H3,(H,20,22)/t14-/m0/s1. The molecule has 3 aromatic rings. The Labute approximate surface area is 145 Å². The first kappa shape index (κ1) is 16.6. The third kappa shape index (κ3) is 3.98. The van der Waals surface area contributed by atoms with Crippen molar-refractivity contribution >= 4 is 17.5 Å². The topological polar surface area (TPSA) is 75.7 Å². The van der Waals surface area contributed by atoms with Crippen molar-refractivity contribution in [3.8, 4) is 0 Å². The molecule has 0 radical (unpaired) electrons. The summed E-state index contributed by atoms with van der Waals surface area (Å²) >= 11 is 0. The molecule has 0 fully saturated rings. The number of nitrogens with one attached hydrogen (secondary N) is 1. The maximum Gasteiger partial charge on any atom is 0.294 e. The second-order valence-electron chi connectivity index (χ2n) is 5.58. The van der Waals surface area contributed by atoms with Crippen LogP contribution in [0, 0.1) is 0 Å². The van der Waals surface area contributed by atoms with E-state index in [4.69, 9.17) is 8.83 Å². The second-order valence-corrected chi connectivity index (χ2v) is 5.58. The highest BCUT2D eigenvalue weighted by molar-refractivity contribution is 6.04. The van der Waals surface area contributed by atoms with Crippen molar-refractivity contribution in [3.63, 3.8) is 0 Å². The van der Waals surface area contributed by atoms with Crippen LogP contribution in [0.1, 0.15) is 28.0 Å². The number of hydrogen-bond donors (Lipinski definition) is 1. The van der Waals surface area contributed by atoms with Crippen LogP contribution in [0.5, 0.6) is 0 Å². The Bertz CT molecular complexity index is 811. The molecule has 6 nitrogen and oxygen atoms in total. The van der Waals surface area contributed by atoms with E-state index in [0.29, 0.717) is 0 Å². The Balaban J connectivity index is 1.75. The van der Waals surface area contributed by atoms with E-state index >= 15 is 0 Å². The molecule has 128 valence electrons. The zero-order valence-electron chi connectivity index (χ0n) is 13.7. The fourth-order valence-corrected chi connectivity index (χ4v) is 2.47. The van der Waals surface area contributed by atoms with Crippen LogP contribution in [0.4, 0.5) is 5.69 Å². The molecule has 1 atom stereocenters. The number of amides is 2. The van der Waals surface area contributed by atoms with Gasteiger partial charge in [-0.1, -0.05) is 18.2 Å². The Morgan fingerprint density at radius 2 is 1.60 bits per heavy atom. The summed E-state index contributed by atoms with van der Waals surface area (Å²) in [6.45, 7) is 2.11. The average molecular weight is 338 g/mol. The van der Waals surface area contributed by atoms with E-state index in [-0.39, 0.29) is 35.9 Å². The zero-order valence-corrected chi connectivity index (χ0v) is 13.7. The molecule has 1 aromatic carbocycles. The number of benzene rings is 1. The lowest BCUT2D eigenvalue weighted by Gasteiger charge is -2.25. The van der Waals surface area contributed by atoms with Crippen molar-refractivity contribution < 1.29 is 18.4 Å². The Morgan fingerprint density at radius 3 is 2.20 bits per heavy atom. The molecule has 3 rings (SSSR count). The van der Waals surface area contributed by atoms with Gasteiger partial charge in [-0.3, -0.25) is 9.59 Å². The highest BCUT2D eigenvalue weighted by atomic mass is 16.3. The van der Waals surface area contributed by atoms with Crippen LogP contribution < -0.4 is 10.2 Å². The molecule has 0 bridgehead atoms. The number of nitrogens with zero attached hydrogens (tertiary/aromatic N) is 1. The van der Waals surface area contributed by atoms with Gasteiger partial charge < -0.3 is 19.1 Å². The number of carbonyl (C=O) groups is 2. The summed E-state index contributed by atoms with van der Waals surface area (Å²) in [7, 11) is 0. The SMILES string of the molecule is C[C@@H](CN(C(=O)c1ccco1)c1ccccc1)NC(=O)c1ccco1. The van der Waals surface area contributed by atoms with Crippen LogP contribution in [0.2, 0.25) is 0 Å². The molecule has 1 N–H and O–H groups in total. The second kappa shape index (κ2) is 7.53. The van der Waals surface area contributed by atoms with Crippen molar-refractivity contribution in [2.45, 2.75) is 13.0 Å². The van der Waals surface area contributed by atoms with Crippen molar-refractivity contribution in [1.82, 2.24) is 5.32 Å². The molecule has 25 heavy (non-hydrogen) atoms. The highest BCUT2D eigenvalue weighted by Gasteiger charge is 2.23. The Morgan fingerprint density at radius 1 is 0.960 bits per heavy atom. The van der Waals surface area contributed by atoms with Crippen LogP contribution in [-0.2, 0) is 0 Å². The van der Waals surface area contributed by atoms with Crippen LogP contribution >= 0.6 is 0 Å². The predicted molar refractivity (Wildman–Crippen MR) is 92.5 cm³/mol. The van der Waals surface area contributed by atoms with Gasteiger partial charge in [0.2, 0.25) is 0 Å². The first-order valence-corrected chi connectivity index (χ1v) is 7.90. The van der Waals surface area contributed by atoms with E-state index in [1.807, 2.05) is 37.3 Å². The van der Waals surface area contributed by atoms with Crippen LogP contribution in [0.3, 0.4) is 0 Å². The molecule has 0 aliphatic carbocycles. The molecule has 0 aliphatic rings. The minimum atomic E-state index is -0.323. The number of rotatable bonds is 6. The normalized spacial score (nSPS) is 11.7. The van der Waals surface area contributed by atoms with Gasteiger partial charge in [-0.25, -0.2) is 0 Å². The molecular formula is C19H18N2O4. The first-order valence-electron chi connectivity index (χ1n) is 7.90. The van der Waals surface area contributed by atoms with Gasteiger partial charge in [-0.15, -0.1) is 0 Å². The number of anilines is 1. The quantitative estimate of drug-likeness (QED) is 0.748. The monoisotopic (exact) mass is 338 g/mol. The maximum atomic E-state index is 12.8. The summed E-state index contributed by atoms with van der Waals surface area (Å²) in [5.41, 5.74) is 0.725. The number of furan rings is 2. The summed E-state index contributed by atoms with van der Waals surface area (Å²) < 4.78 is 10.3. The van der Waals surface area contributed by atoms with Gasteiger partial charge >= 0.3 is 0 Å². The van der Waals surface area contributed by atoms with E-state index in [0.717, 1.165) is 5.69 Å². The van der Waals surface area contributed by atoms with Crippen molar-refractivity contribution in [2.24, 2.45) is 0 Å². The van der Waals surface area contributed by atoms with E-state index < -0.39 is 0 Å². The van der Waals surface area contributed by atoms with E-state index in [1.165, 1.54) is 12.5 Å². The van der Waals surface area contributed by atoms with Crippen molar-refractivity contribution in [3.05, 3.63) is 78.6 Å². The average Bonchev–Trinajstić information content (AvgIpc) is 3.33. The lowest BCUT2D eigenvalue weighted by atomic mass is 10.2. The maximum absolute atomic E-state index is 12.8. The highest BCUT2D eigenvalue weighted by Crippen LogP contribution is 2.18. The summed E-state index contributed by atoms with van der Waals surface area (Å²) in [5.74, 6) is -0.116. The van der Waals surface area contributed by atoms with E-state index in [2.05, 4.69) is 5.32 Å². The molecule has 0 unspecified atom stereocenters. The first-order chi connectivity index (χ1) is 12.1. The largest absolute Gasteiger partial charge is 0.459 e. The van der Waals surface area contributed by atoms with Gasteiger partial charge in [0.1, 0.15) is 0 Å². The molecule has 2 aromatic heterocycles. The Hall–Kier alpha value is -3.28. The molecule has 0 saturated carbocycles. The van der Waals surface area contributed by atoms with Gasteiger partial charge in [0, 0.05) is 18.3 Å². The fourth-order valence-electron chi connectivity index (χ4n) is 2.47. The minimum Gasteiger partial charge on any atom is -0.459 e. The van der Waals surface area contributed by atoms with Crippen LogP contribution in [-0.4, -0.2) is 24.4 Å². The molecule has 2 amide bonds. The van der Waals surface area contributed by atoms with Crippen molar-refractivity contribution in [2.75, 3.05) is 11.4 Å². The summed E-state index contributed by atoms with van der Waals surface area (Å²) in [6.07, 6.45) is 2.90. The van der Waals surface area contributed by atoms with Gasteiger partial charge in [0.25, 0.3) is 11.8 Å². The van der Waals surface area contributed by atoms with Gasteiger partial charge in [-0.2, -0.15) is 0 Å². The lowest BCUT2D eigenvalue weighted by molar-refractivity contribution is 0.0900. The van der Waals surface area contributed by atoms with Gasteiger partial charge in [-0.05, 0) is 43.3 Å². The number of carbonyl (C=O) groups excluding carboxylic acids is 2. The lowest BCUT2D eigenvalue weighted by Crippen LogP contribution is -2.44. The van der Waals surface area contributed by atoms with Crippen LogP contribution in [0.25, 0.3) is 0 Å². The van der Waals surface area contributed by atoms with Crippen molar-refractivity contribution in [1.29, 1.82) is 0 Å². The molecule has 0 aliphatic heterocycles. The van der Waals surface area contributed by atoms with Crippen LogP contribution in [0.15, 0.2) is 76.0 Å². The smallest absolute Gasteiger partial charge is 0.294 e. The summed E-state index contributed by atoms with van der Waals surface area (Å²) in [4.78, 5) is 26.4. The zero-order chi connectivity index (χ0) is 17.6. The predicted octanol–water partition coefficient (Wildman–Crippen LogP) is 3.34. The Kier molecular flexibility index (Phi) is 4.99. The van der Waals surface area contributed by atoms with E-state index in [9.17, 15) is 9.59 Å². The number of para-hydroxylation sites is 1. The molecule has 0 saturated heterocycles. The molecular weight excluding hydrogens is 320 g/mol. The summed E-state index contributed by atoms with van der Waals surface area (Å²) in [6, 6.07) is 15.5. The fraction of sp³-hybridized carbons (Fsp3) is 0.158. The third-order valence-electron chi connectivity index (χ3n) is 3.62. The molecule has 6 heteroatoms. The van der Waals surface area contributed by atoms with E-state index in [1.54, 1.807) is 29.2 Å². The molecule has 2 heterocycles. The van der Waals surface area contributed by atoms with Gasteiger partial charge in [0.05, 0.1) is 12.5 Å². The minimum absolute atomic E-state index is 0.232. The summed E-state index contributed by atoms with van der Waals surface area (Å²) in [5, 5.41) is 2.83. The molecule has 0 spiro atoms.